The predicted octanol–water partition coefficient (Wildman–Crippen LogP) is 4.23. The summed E-state index contributed by atoms with van der Waals surface area (Å²) in [6.07, 6.45) is 3.05. The van der Waals surface area contributed by atoms with Crippen molar-refractivity contribution in [2.24, 2.45) is 5.92 Å². The van der Waals surface area contributed by atoms with Crippen LogP contribution in [0.25, 0.3) is 0 Å². The van der Waals surface area contributed by atoms with Gasteiger partial charge in [-0.3, -0.25) is 9.69 Å². The third-order valence-electron chi connectivity index (χ3n) is 6.35. The molecular formula is C28H38FN3O6. The van der Waals surface area contributed by atoms with E-state index in [4.69, 9.17) is 18.9 Å². The van der Waals surface area contributed by atoms with Gasteiger partial charge in [0.2, 0.25) is 5.91 Å². The molecule has 0 aromatic heterocycles. The Labute approximate surface area is 223 Å². The van der Waals surface area contributed by atoms with Crippen LogP contribution in [0.15, 0.2) is 36.4 Å². The van der Waals surface area contributed by atoms with E-state index in [0.717, 1.165) is 19.3 Å². The molecule has 10 heteroatoms. The fourth-order valence-corrected chi connectivity index (χ4v) is 4.43. The number of carbonyl (C=O) groups excluding carboxylic acids is 2. The molecule has 0 spiro atoms. The van der Waals surface area contributed by atoms with E-state index in [2.05, 4.69) is 12.2 Å². The zero-order chi connectivity index (χ0) is 27.5. The lowest BCUT2D eigenvalue weighted by Gasteiger charge is -2.40. The van der Waals surface area contributed by atoms with E-state index in [0.29, 0.717) is 54.7 Å². The number of carbonyl (C=O) groups is 2. The highest BCUT2D eigenvalue weighted by molar-refractivity contribution is 5.93. The minimum Gasteiger partial charge on any atom is -0.496 e. The fourth-order valence-electron chi connectivity index (χ4n) is 4.43. The molecule has 1 fully saturated rings. The molecule has 2 aromatic rings. The Bertz CT molecular complexity index is 1080. The van der Waals surface area contributed by atoms with Gasteiger partial charge >= 0.3 is 6.03 Å². The van der Waals surface area contributed by atoms with Crippen LogP contribution in [0, 0.1) is 11.7 Å². The summed E-state index contributed by atoms with van der Waals surface area (Å²) in [6.45, 7) is 3.87. The van der Waals surface area contributed by atoms with Crippen LogP contribution in [0.4, 0.5) is 14.9 Å². The molecular weight excluding hydrogens is 493 g/mol. The standard InChI is InChI=1S/C28H38FN3O6/c1-5-6-7-12-38-26-14-23(9-11-25(26)37-4)32-17-20(15-30-27(33)19-35-2)16-31(28(32)34)18-21-13-22(29)8-10-24(21)36-3/h8-11,13-14,20H,5-7,12,15-19H2,1-4H3,(H,30,33). The molecule has 9 nitrogen and oxygen atoms in total. The molecule has 1 saturated heterocycles. The molecule has 208 valence electrons. The monoisotopic (exact) mass is 531 g/mol. The van der Waals surface area contributed by atoms with Gasteiger partial charge in [0.05, 0.1) is 27.4 Å². The molecule has 1 aliphatic heterocycles. The molecule has 0 saturated carbocycles. The molecule has 1 heterocycles. The van der Waals surface area contributed by atoms with Gasteiger partial charge in [0.15, 0.2) is 11.5 Å². The Morgan fingerprint density at radius 3 is 2.50 bits per heavy atom. The smallest absolute Gasteiger partial charge is 0.324 e. The Morgan fingerprint density at radius 1 is 1.03 bits per heavy atom. The van der Waals surface area contributed by atoms with Gasteiger partial charge in [-0.25, -0.2) is 9.18 Å². The molecule has 1 aliphatic rings. The number of urea groups is 1. The van der Waals surface area contributed by atoms with Gasteiger partial charge < -0.3 is 29.2 Å². The second kappa shape index (κ2) is 14.4. The van der Waals surface area contributed by atoms with Crippen LogP contribution in [0.1, 0.15) is 31.7 Å². The van der Waals surface area contributed by atoms with Gasteiger partial charge in [-0.05, 0) is 36.8 Å². The van der Waals surface area contributed by atoms with Crippen molar-refractivity contribution in [2.45, 2.75) is 32.7 Å². The number of nitrogens with one attached hydrogen (secondary N) is 1. The van der Waals surface area contributed by atoms with E-state index in [1.807, 2.05) is 6.07 Å². The van der Waals surface area contributed by atoms with Gasteiger partial charge in [-0.15, -0.1) is 0 Å². The second-order valence-electron chi connectivity index (χ2n) is 9.22. The Morgan fingerprint density at radius 2 is 1.79 bits per heavy atom. The van der Waals surface area contributed by atoms with Gasteiger partial charge in [0.1, 0.15) is 18.2 Å². The average molecular weight is 532 g/mol. The lowest BCUT2D eigenvalue weighted by atomic mass is 10.0. The van der Waals surface area contributed by atoms with Crippen molar-refractivity contribution in [3.63, 3.8) is 0 Å². The molecule has 38 heavy (non-hydrogen) atoms. The highest BCUT2D eigenvalue weighted by Gasteiger charge is 2.34. The van der Waals surface area contributed by atoms with E-state index in [1.165, 1.54) is 26.4 Å². The second-order valence-corrected chi connectivity index (χ2v) is 9.22. The molecule has 1 unspecified atom stereocenters. The number of anilines is 1. The van der Waals surface area contributed by atoms with Gasteiger partial charge in [0.25, 0.3) is 0 Å². The van der Waals surface area contributed by atoms with Crippen molar-refractivity contribution in [1.29, 1.82) is 0 Å². The molecule has 3 amide bonds. The summed E-state index contributed by atoms with van der Waals surface area (Å²) in [7, 11) is 4.54. The van der Waals surface area contributed by atoms with Crippen molar-refractivity contribution in [3.05, 3.63) is 47.8 Å². The zero-order valence-corrected chi connectivity index (χ0v) is 22.6. The summed E-state index contributed by atoms with van der Waals surface area (Å²) in [5.74, 6) is 0.895. The Hall–Kier alpha value is -3.53. The topological polar surface area (TPSA) is 89.6 Å². The number of unbranched alkanes of at least 4 members (excludes halogenated alkanes) is 2. The summed E-state index contributed by atoms with van der Waals surface area (Å²) in [5, 5.41) is 2.87. The van der Waals surface area contributed by atoms with E-state index in [9.17, 15) is 14.0 Å². The third kappa shape index (κ3) is 7.74. The van der Waals surface area contributed by atoms with Crippen molar-refractivity contribution in [1.82, 2.24) is 10.2 Å². The van der Waals surface area contributed by atoms with Gasteiger partial charge in [-0.1, -0.05) is 19.8 Å². The molecule has 2 aromatic carbocycles. The maximum absolute atomic E-state index is 14.0. The zero-order valence-electron chi connectivity index (χ0n) is 22.6. The first-order valence-electron chi connectivity index (χ1n) is 12.8. The SMILES string of the molecule is CCCCCOc1cc(N2CC(CNC(=O)COC)CN(Cc3cc(F)ccc3OC)C2=O)ccc1OC. The number of ether oxygens (including phenoxy) is 4. The number of nitrogens with zero attached hydrogens (tertiary/aromatic N) is 2. The number of halogens is 1. The maximum atomic E-state index is 14.0. The highest BCUT2D eigenvalue weighted by atomic mass is 19.1. The number of amides is 3. The first-order chi connectivity index (χ1) is 18.4. The molecule has 0 bridgehead atoms. The summed E-state index contributed by atoms with van der Waals surface area (Å²) in [5.41, 5.74) is 1.20. The fraction of sp³-hybridized carbons (Fsp3) is 0.500. The Balaban J connectivity index is 1.88. The lowest BCUT2D eigenvalue weighted by Crippen LogP contribution is -2.55. The number of hydrogen-bond acceptors (Lipinski definition) is 6. The summed E-state index contributed by atoms with van der Waals surface area (Å²) in [4.78, 5) is 29.0. The molecule has 0 aliphatic carbocycles. The molecule has 3 rings (SSSR count). The first-order valence-corrected chi connectivity index (χ1v) is 12.8. The van der Waals surface area contributed by atoms with Crippen molar-refractivity contribution >= 4 is 17.6 Å². The summed E-state index contributed by atoms with van der Waals surface area (Å²) >= 11 is 0. The first kappa shape index (κ1) is 29.0. The van der Waals surface area contributed by atoms with E-state index >= 15 is 0 Å². The highest BCUT2D eigenvalue weighted by Crippen LogP contribution is 2.34. The molecule has 1 atom stereocenters. The van der Waals surface area contributed by atoms with Crippen molar-refractivity contribution < 1.29 is 32.9 Å². The average Bonchev–Trinajstić information content (AvgIpc) is 2.91. The summed E-state index contributed by atoms with van der Waals surface area (Å²) in [6, 6.07) is 9.39. The van der Waals surface area contributed by atoms with Gasteiger partial charge in [0, 0.05) is 50.0 Å². The van der Waals surface area contributed by atoms with Crippen molar-refractivity contribution in [3.8, 4) is 17.2 Å². The largest absolute Gasteiger partial charge is 0.496 e. The lowest BCUT2D eigenvalue weighted by molar-refractivity contribution is -0.124. The predicted molar refractivity (Wildman–Crippen MR) is 142 cm³/mol. The van der Waals surface area contributed by atoms with E-state index < -0.39 is 5.82 Å². The minimum atomic E-state index is -0.412. The van der Waals surface area contributed by atoms with Crippen LogP contribution >= 0.6 is 0 Å². The van der Waals surface area contributed by atoms with Crippen LogP contribution in [-0.4, -0.2) is 71.0 Å². The Kier molecular flexibility index (Phi) is 11.0. The van der Waals surface area contributed by atoms with E-state index in [-0.39, 0.29) is 31.0 Å². The summed E-state index contributed by atoms with van der Waals surface area (Å²) < 4.78 is 35.8. The molecule has 0 radical (unpaired) electrons. The maximum Gasteiger partial charge on any atom is 0.324 e. The van der Waals surface area contributed by atoms with Crippen LogP contribution in [0.3, 0.4) is 0 Å². The number of hydrogen-bond donors (Lipinski definition) is 1. The van der Waals surface area contributed by atoms with Crippen LogP contribution in [-0.2, 0) is 16.1 Å². The minimum absolute atomic E-state index is 0.0449. The van der Waals surface area contributed by atoms with Crippen LogP contribution in [0.2, 0.25) is 0 Å². The third-order valence-corrected chi connectivity index (χ3v) is 6.35. The van der Waals surface area contributed by atoms with Crippen molar-refractivity contribution in [2.75, 3.05) is 59.1 Å². The van der Waals surface area contributed by atoms with E-state index in [1.54, 1.807) is 35.1 Å². The number of methoxy groups -OCH3 is 3. The quantitative estimate of drug-likeness (QED) is 0.367. The van der Waals surface area contributed by atoms with Crippen LogP contribution < -0.4 is 24.4 Å². The number of benzene rings is 2. The van der Waals surface area contributed by atoms with Crippen LogP contribution in [0.5, 0.6) is 17.2 Å². The number of rotatable bonds is 14. The normalized spacial score (nSPS) is 15.4. The molecule has 1 N–H and O–H groups in total. The van der Waals surface area contributed by atoms with Gasteiger partial charge in [-0.2, -0.15) is 0 Å².